The summed E-state index contributed by atoms with van der Waals surface area (Å²) in [6, 6.07) is 1.30. The normalized spacial score (nSPS) is 28.1. The van der Waals surface area contributed by atoms with E-state index in [1.165, 1.54) is 11.3 Å². The highest BCUT2D eigenvalue weighted by Gasteiger charge is 2.24. The second kappa shape index (κ2) is 5.05. The molecule has 1 aromatic heterocycles. The summed E-state index contributed by atoms with van der Waals surface area (Å²) >= 11 is 1.76. The van der Waals surface area contributed by atoms with Gasteiger partial charge in [-0.25, -0.2) is 0 Å². The molecular weight excluding hydrogens is 206 g/mol. The highest BCUT2D eigenvalue weighted by Crippen LogP contribution is 2.16. The van der Waals surface area contributed by atoms with Gasteiger partial charge in [-0.3, -0.25) is 9.88 Å². The highest BCUT2D eigenvalue weighted by atomic mass is 32.1. The standard InChI is InChI=1S/C11H19N3S/c1-3-10-4-13-9(2)6-14(10)7-11-5-12-8-15-11/h5,8-10,13H,3-4,6-7H2,1-2H3. The van der Waals surface area contributed by atoms with Crippen LogP contribution in [0.25, 0.3) is 0 Å². The van der Waals surface area contributed by atoms with Crippen LogP contribution in [0, 0.1) is 0 Å². The zero-order valence-electron chi connectivity index (χ0n) is 9.44. The molecule has 0 saturated carbocycles. The van der Waals surface area contributed by atoms with Gasteiger partial charge in [0.1, 0.15) is 0 Å². The fraction of sp³-hybridized carbons (Fsp3) is 0.727. The lowest BCUT2D eigenvalue weighted by Crippen LogP contribution is -2.54. The Morgan fingerprint density at radius 3 is 3.20 bits per heavy atom. The largest absolute Gasteiger partial charge is 0.311 e. The van der Waals surface area contributed by atoms with Gasteiger partial charge in [-0.2, -0.15) is 0 Å². The zero-order chi connectivity index (χ0) is 10.7. The topological polar surface area (TPSA) is 28.2 Å². The van der Waals surface area contributed by atoms with Gasteiger partial charge < -0.3 is 5.32 Å². The summed E-state index contributed by atoms with van der Waals surface area (Å²) in [6.45, 7) is 7.86. The summed E-state index contributed by atoms with van der Waals surface area (Å²) in [5.74, 6) is 0. The first-order valence-corrected chi connectivity index (χ1v) is 6.52. The summed E-state index contributed by atoms with van der Waals surface area (Å²) < 4.78 is 0. The Morgan fingerprint density at radius 2 is 2.53 bits per heavy atom. The number of hydrogen-bond donors (Lipinski definition) is 1. The van der Waals surface area contributed by atoms with Crippen LogP contribution in [0.4, 0.5) is 0 Å². The van der Waals surface area contributed by atoms with Gasteiger partial charge in [-0.15, -0.1) is 11.3 Å². The molecule has 15 heavy (non-hydrogen) atoms. The molecule has 2 atom stereocenters. The molecule has 3 nitrogen and oxygen atoms in total. The van der Waals surface area contributed by atoms with Gasteiger partial charge in [0.15, 0.2) is 0 Å². The summed E-state index contributed by atoms with van der Waals surface area (Å²) in [5.41, 5.74) is 1.92. The van der Waals surface area contributed by atoms with Gasteiger partial charge in [0.25, 0.3) is 0 Å². The van der Waals surface area contributed by atoms with E-state index in [4.69, 9.17) is 0 Å². The van der Waals surface area contributed by atoms with Crippen molar-refractivity contribution in [3.8, 4) is 0 Å². The number of rotatable bonds is 3. The van der Waals surface area contributed by atoms with E-state index in [0.717, 1.165) is 19.6 Å². The van der Waals surface area contributed by atoms with Gasteiger partial charge in [0, 0.05) is 42.8 Å². The van der Waals surface area contributed by atoms with Gasteiger partial charge in [-0.05, 0) is 13.3 Å². The van der Waals surface area contributed by atoms with Crippen molar-refractivity contribution in [2.75, 3.05) is 13.1 Å². The summed E-state index contributed by atoms with van der Waals surface area (Å²) in [5, 5.41) is 3.54. The lowest BCUT2D eigenvalue weighted by molar-refractivity contribution is 0.125. The van der Waals surface area contributed by atoms with Crippen LogP contribution >= 0.6 is 11.3 Å². The monoisotopic (exact) mass is 225 g/mol. The molecule has 1 fully saturated rings. The SMILES string of the molecule is CCC1CNC(C)CN1Cc1cncs1. The van der Waals surface area contributed by atoms with Crippen molar-refractivity contribution in [1.82, 2.24) is 15.2 Å². The molecule has 4 heteroatoms. The van der Waals surface area contributed by atoms with E-state index in [1.54, 1.807) is 11.3 Å². The van der Waals surface area contributed by atoms with Crippen molar-refractivity contribution in [1.29, 1.82) is 0 Å². The summed E-state index contributed by atoms with van der Waals surface area (Å²) in [6.07, 6.45) is 3.21. The summed E-state index contributed by atoms with van der Waals surface area (Å²) in [4.78, 5) is 8.09. The molecular formula is C11H19N3S. The first-order valence-electron chi connectivity index (χ1n) is 5.64. The van der Waals surface area contributed by atoms with Crippen LogP contribution < -0.4 is 5.32 Å². The average molecular weight is 225 g/mol. The summed E-state index contributed by atoms with van der Waals surface area (Å²) in [7, 11) is 0. The molecule has 0 spiro atoms. The maximum Gasteiger partial charge on any atom is 0.0794 e. The number of thiazole rings is 1. The van der Waals surface area contributed by atoms with Crippen LogP contribution in [0.1, 0.15) is 25.1 Å². The maximum absolute atomic E-state index is 4.13. The Kier molecular flexibility index (Phi) is 3.72. The van der Waals surface area contributed by atoms with E-state index >= 15 is 0 Å². The van der Waals surface area contributed by atoms with Crippen molar-refractivity contribution >= 4 is 11.3 Å². The van der Waals surface area contributed by atoms with Crippen molar-refractivity contribution in [3.63, 3.8) is 0 Å². The van der Waals surface area contributed by atoms with Crippen LogP contribution in [0.2, 0.25) is 0 Å². The number of aromatic nitrogens is 1. The molecule has 1 saturated heterocycles. The molecule has 0 aromatic carbocycles. The van der Waals surface area contributed by atoms with Crippen molar-refractivity contribution < 1.29 is 0 Å². The number of nitrogens with zero attached hydrogens (tertiary/aromatic N) is 2. The molecule has 0 aliphatic carbocycles. The van der Waals surface area contributed by atoms with Crippen molar-refractivity contribution in [2.24, 2.45) is 0 Å². The van der Waals surface area contributed by atoms with E-state index in [-0.39, 0.29) is 0 Å². The maximum atomic E-state index is 4.13. The zero-order valence-corrected chi connectivity index (χ0v) is 10.3. The molecule has 0 radical (unpaired) electrons. The third-order valence-electron chi connectivity index (χ3n) is 3.04. The van der Waals surface area contributed by atoms with E-state index in [9.17, 15) is 0 Å². The predicted molar refractivity (Wildman–Crippen MR) is 64.1 cm³/mol. The number of nitrogens with one attached hydrogen (secondary N) is 1. The minimum Gasteiger partial charge on any atom is -0.311 e. The van der Waals surface area contributed by atoms with E-state index in [2.05, 4.69) is 29.0 Å². The van der Waals surface area contributed by atoms with Crippen molar-refractivity contribution in [2.45, 2.75) is 38.9 Å². The van der Waals surface area contributed by atoms with E-state index in [0.29, 0.717) is 12.1 Å². The van der Waals surface area contributed by atoms with Gasteiger partial charge in [0.05, 0.1) is 5.51 Å². The van der Waals surface area contributed by atoms with E-state index in [1.807, 2.05) is 11.7 Å². The number of hydrogen-bond acceptors (Lipinski definition) is 4. The minimum absolute atomic E-state index is 0.612. The van der Waals surface area contributed by atoms with Crippen molar-refractivity contribution in [3.05, 3.63) is 16.6 Å². The Balaban J connectivity index is 1.98. The lowest BCUT2D eigenvalue weighted by Gasteiger charge is -2.38. The second-order valence-electron chi connectivity index (χ2n) is 4.27. The molecule has 1 N–H and O–H groups in total. The van der Waals surface area contributed by atoms with Gasteiger partial charge >= 0.3 is 0 Å². The van der Waals surface area contributed by atoms with Crippen LogP contribution in [0.15, 0.2) is 11.7 Å². The molecule has 1 aliphatic heterocycles. The highest BCUT2D eigenvalue weighted by molar-refractivity contribution is 7.09. The molecule has 1 aromatic rings. The van der Waals surface area contributed by atoms with Crippen LogP contribution in [0.5, 0.6) is 0 Å². The smallest absolute Gasteiger partial charge is 0.0794 e. The molecule has 84 valence electrons. The van der Waals surface area contributed by atoms with Gasteiger partial charge in [0.2, 0.25) is 0 Å². The molecule has 2 unspecified atom stereocenters. The van der Waals surface area contributed by atoms with Crippen LogP contribution in [-0.2, 0) is 6.54 Å². The molecule has 0 amide bonds. The van der Waals surface area contributed by atoms with E-state index < -0.39 is 0 Å². The Hall–Kier alpha value is -0.450. The first-order chi connectivity index (χ1) is 7.29. The Bertz CT molecular complexity index is 286. The van der Waals surface area contributed by atoms with Gasteiger partial charge in [-0.1, -0.05) is 6.92 Å². The molecule has 1 aliphatic rings. The minimum atomic E-state index is 0.612. The molecule has 2 heterocycles. The average Bonchev–Trinajstić information content (AvgIpc) is 2.71. The fourth-order valence-corrected chi connectivity index (χ4v) is 2.77. The Labute approximate surface area is 95.5 Å². The first kappa shape index (κ1) is 11.0. The molecule has 0 bridgehead atoms. The molecule has 2 rings (SSSR count). The predicted octanol–water partition coefficient (Wildman–Crippen LogP) is 1.72. The lowest BCUT2D eigenvalue weighted by atomic mass is 10.1. The quantitative estimate of drug-likeness (QED) is 0.849. The Morgan fingerprint density at radius 1 is 1.67 bits per heavy atom. The fourth-order valence-electron chi connectivity index (χ4n) is 2.15. The van der Waals surface area contributed by atoms with Crippen LogP contribution in [-0.4, -0.2) is 35.1 Å². The third-order valence-corrected chi connectivity index (χ3v) is 3.80. The second-order valence-corrected chi connectivity index (χ2v) is 5.24. The third kappa shape index (κ3) is 2.77. The van der Waals surface area contributed by atoms with Crippen LogP contribution in [0.3, 0.4) is 0 Å². The number of piperazine rings is 1.